The van der Waals surface area contributed by atoms with Gasteiger partial charge in [-0.2, -0.15) is 0 Å². The third-order valence-corrected chi connectivity index (χ3v) is 3.99. The lowest BCUT2D eigenvalue weighted by atomic mass is 10.2. The average molecular weight is 350 g/mol. The zero-order chi connectivity index (χ0) is 18.2. The number of ether oxygens (including phenoxy) is 2. The Morgan fingerprint density at radius 2 is 1.96 bits per heavy atom. The molecule has 7 heteroatoms. The van der Waals surface area contributed by atoms with Crippen LogP contribution in [0, 0.1) is 0 Å². The molecule has 1 heterocycles. The molecule has 1 aliphatic heterocycles. The molecule has 0 bridgehead atoms. The molecule has 1 aromatic carbocycles. The number of carboxylic acid groups (broad SMARTS) is 1. The lowest BCUT2D eigenvalue weighted by molar-refractivity contribution is -0.137. The number of carbonyl (C=O) groups excluding carboxylic acids is 1. The number of aliphatic carboxylic acids is 1. The molecular weight excluding hydrogens is 324 g/mol. The van der Waals surface area contributed by atoms with Crippen LogP contribution in [0.15, 0.2) is 24.3 Å². The number of amides is 1. The minimum absolute atomic E-state index is 0.137. The van der Waals surface area contributed by atoms with Crippen LogP contribution in [0.4, 0.5) is 0 Å². The highest BCUT2D eigenvalue weighted by Gasteiger charge is 2.19. The van der Waals surface area contributed by atoms with E-state index in [0.29, 0.717) is 31.0 Å². The van der Waals surface area contributed by atoms with E-state index in [1.54, 1.807) is 24.3 Å². The summed E-state index contributed by atoms with van der Waals surface area (Å²) in [5.74, 6) is -0.649. The third-order valence-electron chi connectivity index (χ3n) is 3.99. The molecule has 0 spiro atoms. The topological polar surface area (TPSA) is 79.3 Å². The van der Waals surface area contributed by atoms with Crippen LogP contribution in [0.5, 0.6) is 5.75 Å². The van der Waals surface area contributed by atoms with Gasteiger partial charge in [0.2, 0.25) is 0 Å². The Hall–Kier alpha value is -2.12. The second-order valence-corrected chi connectivity index (χ2v) is 6.39. The highest BCUT2D eigenvalue weighted by Crippen LogP contribution is 2.17. The molecule has 1 aliphatic rings. The standard InChI is InChI=1S/C18H26N2O5/c1-19(2)9-10-20(12-17(21)22)18(23)14-5-7-15(8-6-14)25-13-16-4-3-11-24-16/h5-8,16H,3-4,9-13H2,1-2H3,(H,21,22)/t16-/m0/s1. The fourth-order valence-corrected chi connectivity index (χ4v) is 2.58. The van der Waals surface area contributed by atoms with Crippen molar-refractivity contribution in [3.05, 3.63) is 29.8 Å². The fourth-order valence-electron chi connectivity index (χ4n) is 2.58. The van der Waals surface area contributed by atoms with Crippen molar-refractivity contribution in [3.8, 4) is 5.75 Å². The van der Waals surface area contributed by atoms with Gasteiger partial charge < -0.3 is 24.4 Å². The molecule has 0 unspecified atom stereocenters. The number of nitrogens with zero attached hydrogens (tertiary/aromatic N) is 2. The van der Waals surface area contributed by atoms with Gasteiger partial charge >= 0.3 is 5.97 Å². The lowest BCUT2D eigenvalue weighted by Gasteiger charge is -2.22. The second-order valence-electron chi connectivity index (χ2n) is 6.39. The van der Waals surface area contributed by atoms with E-state index >= 15 is 0 Å². The summed E-state index contributed by atoms with van der Waals surface area (Å²) in [5, 5.41) is 9.02. The number of hydrogen-bond acceptors (Lipinski definition) is 5. The van der Waals surface area contributed by atoms with E-state index in [0.717, 1.165) is 19.4 Å². The molecule has 7 nitrogen and oxygen atoms in total. The summed E-state index contributed by atoms with van der Waals surface area (Å²) < 4.78 is 11.2. The van der Waals surface area contributed by atoms with Crippen LogP contribution in [0.3, 0.4) is 0 Å². The normalized spacial score (nSPS) is 16.8. The first-order chi connectivity index (χ1) is 12.0. The highest BCUT2D eigenvalue weighted by atomic mass is 16.5. The monoisotopic (exact) mass is 350 g/mol. The van der Waals surface area contributed by atoms with Gasteiger partial charge in [-0.15, -0.1) is 0 Å². The van der Waals surface area contributed by atoms with E-state index in [9.17, 15) is 9.59 Å². The Morgan fingerprint density at radius 1 is 1.24 bits per heavy atom. The first kappa shape index (κ1) is 19.2. The van der Waals surface area contributed by atoms with Gasteiger partial charge in [0, 0.05) is 25.3 Å². The van der Waals surface area contributed by atoms with Gasteiger partial charge in [-0.3, -0.25) is 9.59 Å². The van der Waals surface area contributed by atoms with Gasteiger partial charge in [0.05, 0.1) is 6.10 Å². The van der Waals surface area contributed by atoms with E-state index in [1.165, 1.54) is 4.90 Å². The molecule has 1 N–H and O–H groups in total. The lowest BCUT2D eigenvalue weighted by Crippen LogP contribution is -2.40. The van der Waals surface area contributed by atoms with Crippen molar-refractivity contribution in [1.29, 1.82) is 0 Å². The number of rotatable bonds is 9. The smallest absolute Gasteiger partial charge is 0.323 e. The van der Waals surface area contributed by atoms with Gasteiger partial charge in [-0.25, -0.2) is 0 Å². The van der Waals surface area contributed by atoms with Crippen molar-refractivity contribution >= 4 is 11.9 Å². The second kappa shape index (κ2) is 9.39. The first-order valence-electron chi connectivity index (χ1n) is 8.46. The van der Waals surface area contributed by atoms with Crippen LogP contribution in [-0.2, 0) is 9.53 Å². The highest BCUT2D eigenvalue weighted by molar-refractivity contribution is 5.95. The molecule has 1 saturated heterocycles. The van der Waals surface area contributed by atoms with Crippen molar-refractivity contribution in [3.63, 3.8) is 0 Å². The average Bonchev–Trinajstić information content (AvgIpc) is 3.09. The zero-order valence-electron chi connectivity index (χ0n) is 14.8. The molecular formula is C18H26N2O5. The summed E-state index contributed by atoms with van der Waals surface area (Å²) in [6, 6.07) is 6.79. The Bertz CT molecular complexity index is 567. The molecule has 0 aliphatic carbocycles. The van der Waals surface area contributed by atoms with E-state index in [-0.39, 0.29) is 18.6 Å². The van der Waals surface area contributed by atoms with Crippen molar-refractivity contribution in [2.75, 3.05) is 46.9 Å². The Labute approximate surface area is 148 Å². The van der Waals surface area contributed by atoms with Gasteiger partial charge in [-0.1, -0.05) is 0 Å². The molecule has 1 aromatic rings. The minimum Gasteiger partial charge on any atom is -0.491 e. The molecule has 1 atom stereocenters. The van der Waals surface area contributed by atoms with Gasteiger partial charge in [0.15, 0.2) is 0 Å². The van der Waals surface area contributed by atoms with Crippen LogP contribution < -0.4 is 4.74 Å². The van der Waals surface area contributed by atoms with Crippen LogP contribution in [0.2, 0.25) is 0 Å². The molecule has 0 aromatic heterocycles. The number of carbonyl (C=O) groups is 2. The Kier molecular flexibility index (Phi) is 7.21. The van der Waals surface area contributed by atoms with Crippen LogP contribution in [-0.4, -0.2) is 79.8 Å². The van der Waals surface area contributed by atoms with Crippen molar-refractivity contribution in [2.45, 2.75) is 18.9 Å². The van der Waals surface area contributed by atoms with Crippen molar-refractivity contribution < 1.29 is 24.2 Å². The van der Waals surface area contributed by atoms with Gasteiger partial charge in [-0.05, 0) is 51.2 Å². The largest absolute Gasteiger partial charge is 0.491 e. The van der Waals surface area contributed by atoms with Crippen LogP contribution in [0.1, 0.15) is 23.2 Å². The summed E-state index contributed by atoms with van der Waals surface area (Å²) in [6.45, 7) is 1.93. The molecule has 1 amide bonds. The number of carboxylic acids is 1. The third kappa shape index (κ3) is 6.36. The summed E-state index contributed by atoms with van der Waals surface area (Å²) in [7, 11) is 3.76. The zero-order valence-corrected chi connectivity index (χ0v) is 14.8. The molecule has 25 heavy (non-hydrogen) atoms. The van der Waals surface area contributed by atoms with Crippen LogP contribution >= 0.6 is 0 Å². The number of benzene rings is 1. The summed E-state index contributed by atoms with van der Waals surface area (Å²) in [6.07, 6.45) is 2.21. The van der Waals surface area contributed by atoms with Crippen molar-refractivity contribution in [1.82, 2.24) is 9.80 Å². The van der Waals surface area contributed by atoms with Crippen molar-refractivity contribution in [2.24, 2.45) is 0 Å². The number of hydrogen-bond donors (Lipinski definition) is 1. The van der Waals surface area contributed by atoms with Crippen LogP contribution in [0.25, 0.3) is 0 Å². The van der Waals surface area contributed by atoms with E-state index in [4.69, 9.17) is 14.6 Å². The summed E-state index contributed by atoms with van der Waals surface area (Å²) in [5.41, 5.74) is 0.449. The predicted octanol–water partition coefficient (Wildman–Crippen LogP) is 1.33. The van der Waals surface area contributed by atoms with E-state index in [2.05, 4.69) is 0 Å². The molecule has 0 saturated carbocycles. The molecule has 138 valence electrons. The molecule has 1 fully saturated rings. The van der Waals surface area contributed by atoms with E-state index < -0.39 is 5.97 Å². The summed E-state index contributed by atoms with van der Waals surface area (Å²) in [4.78, 5) is 26.8. The first-order valence-corrected chi connectivity index (χ1v) is 8.46. The maximum atomic E-state index is 12.6. The SMILES string of the molecule is CN(C)CCN(CC(=O)O)C(=O)c1ccc(OC[C@@H]2CCCO2)cc1. The minimum atomic E-state index is -1.02. The van der Waals surface area contributed by atoms with E-state index in [1.807, 2.05) is 19.0 Å². The van der Waals surface area contributed by atoms with Gasteiger partial charge in [0.25, 0.3) is 5.91 Å². The maximum Gasteiger partial charge on any atom is 0.323 e. The van der Waals surface area contributed by atoms with Gasteiger partial charge in [0.1, 0.15) is 18.9 Å². The predicted molar refractivity (Wildman–Crippen MR) is 93.0 cm³/mol. The summed E-state index contributed by atoms with van der Waals surface area (Å²) >= 11 is 0. The Balaban J connectivity index is 1.94. The molecule has 0 radical (unpaired) electrons. The molecule has 2 rings (SSSR count). The fraction of sp³-hybridized carbons (Fsp3) is 0.556. The maximum absolute atomic E-state index is 12.6. The quantitative estimate of drug-likeness (QED) is 0.724. The number of likely N-dealkylation sites (N-methyl/N-ethyl adjacent to an activating group) is 1. The Morgan fingerprint density at radius 3 is 2.52 bits per heavy atom.